The lowest BCUT2D eigenvalue weighted by Gasteiger charge is -2.12. The minimum atomic E-state index is -2.36. The van der Waals surface area contributed by atoms with Crippen molar-refractivity contribution in [1.29, 1.82) is 0 Å². The van der Waals surface area contributed by atoms with Gasteiger partial charge in [-0.3, -0.25) is 0 Å². The van der Waals surface area contributed by atoms with Crippen molar-refractivity contribution in [2.24, 2.45) is 0 Å². The molecule has 0 unspecified atom stereocenters. The maximum atomic E-state index is 12.3. The fourth-order valence-corrected chi connectivity index (χ4v) is 1.69. The van der Waals surface area contributed by atoms with Crippen LogP contribution in [0, 0.1) is 0 Å². The SMILES string of the molecule is CN1CCc2ccc(C(F)F)cc21. The van der Waals surface area contributed by atoms with Gasteiger partial charge in [0, 0.05) is 24.8 Å². The molecule has 1 heterocycles. The van der Waals surface area contributed by atoms with Gasteiger partial charge in [-0.05, 0) is 18.1 Å². The summed E-state index contributed by atoms with van der Waals surface area (Å²) in [5, 5.41) is 0. The highest BCUT2D eigenvalue weighted by molar-refractivity contribution is 5.59. The van der Waals surface area contributed by atoms with Crippen LogP contribution in [-0.4, -0.2) is 13.6 Å². The summed E-state index contributed by atoms with van der Waals surface area (Å²) in [4.78, 5) is 2.02. The standard InChI is InChI=1S/C10H11F2N/c1-13-5-4-7-2-3-8(10(11)12)6-9(7)13/h2-3,6,10H,4-5H2,1H3. The lowest BCUT2D eigenvalue weighted by molar-refractivity contribution is 0.151. The normalized spacial score (nSPS) is 15.2. The molecule has 2 rings (SSSR count). The molecule has 1 aromatic carbocycles. The van der Waals surface area contributed by atoms with Crippen LogP contribution in [0.4, 0.5) is 14.5 Å². The molecule has 3 heteroatoms. The first-order valence-electron chi connectivity index (χ1n) is 4.30. The predicted octanol–water partition coefficient (Wildman–Crippen LogP) is 2.62. The van der Waals surface area contributed by atoms with Crippen LogP contribution < -0.4 is 4.90 Å². The van der Waals surface area contributed by atoms with Gasteiger partial charge in [-0.1, -0.05) is 12.1 Å². The van der Waals surface area contributed by atoms with Gasteiger partial charge in [-0.25, -0.2) is 8.78 Å². The summed E-state index contributed by atoms with van der Waals surface area (Å²) in [6, 6.07) is 4.91. The summed E-state index contributed by atoms with van der Waals surface area (Å²) in [5.41, 5.74) is 2.25. The fraction of sp³-hybridized carbons (Fsp3) is 0.400. The van der Waals surface area contributed by atoms with Gasteiger partial charge < -0.3 is 4.90 Å². The van der Waals surface area contributed by atoms with Gasteiger partial charge in [-0.2, -0.15) is 0 Å². The van der Waals surface area contributed by atoms with Crippen molar-refractivity contribution < 1.29 is 8.78 Å². The van der Waals surface area contributed by atoms with Crippen molar-refractivity contribution in [3.8, 4) is 0 Å². The molecule has 0 radical (unpaired) electrons. The third-order valence-corrected chi connectivity index (χ3v) is 2.49. The zero-order valence-corrected chi connectivity index (χ0v) is 7.43. The average molecular weight is 183 g/mol. The summed E-state index contributed by atoms with van der Waals surface area (Å²) in [7, 11) is 1.93. The molecule has 1 aromatic rings. The Balaban J connectivity index is 2.42. The third kappa shape index (κ3) is 1.39. The maximum Gasteiger partial charge on any atom is 0.263 e. The smallest absolute Gasteiger partial charge is 0.263 e. The second-order valence-corrected chi connectivity index (χ2v) is 3.36. The van der Waals surface area contributed by atoms with Crippen LogP contribution >= 0.6 is 0 Å². The van der Waals surface area contributed by atoms with E-state index in [9.17, 15) is 8.78 Å². The molecule has 70 valence electrons. The third-order valence-electron chi connectivity index (χ3n) is 2.49. The van der Waals surface area contributed by atoms with E-state index in [0.29, 0.717) is 0 Å². The number of rotatable bonds is 1. The number of anilines is 1. The van der Waals surface area contributed by atoms with Crippen molar-refractivity contribution in [1.82, 2.24) is 0 Å². The van der Waals surface area contributed by atoms with Crippen LogP contribution in [0.5, 0.6) is 0 Å². The van der Waals surface area contributed by atoms with Crippen LogP contribution in [0.2, 0.25) is 0 Å². The van der Waals surface area contributed by atoms with E-state index in [1.807, 2.05) is 11.9 Å². The second-order valence-electron chi connectivity index (χ2n) is 3.36. The Bertz CT molecular complexity index is 323. The molecule has 0 fully saturated rings. The molecule has 0 N–H and O–H groups in total. The molecule has 1 aliphatic heterocycles. The highest BCUT2D eigenvalue weighted by Gasteiger charge is 2.17. The molecule has 0 amide bonds. The molecule has 0 aliphatic carbocycles. The highest BCUT2D eigenvalue weighted by Crippen LogP contribution is 2.30. The second kappa shape index (κ2) is 2.98. The monoisotopic (exact) mass is 183 g/mol. The van der Waals surface area contributed by atoms with Gasteiger partial charge in [0.2, 0.25) is 0 Å². The van der Waals surface area contributed by atoms with E-state index in [1.54, 1.807) is 12.1 Å². The van der Waals surface area contributed by atoms with Crippen LogP contribution in [0.25, 0.3) is 0 Å². The molecular weight excluding hydrogens is 172 g/mol. The van der Waals surface area contributed by atoms with Gasteiger partial charge in [0.05, 0.1) is 0 Å². The molecule has 0 aromatic heterocycles. The lowest BCUT2D eigenvalue weighted by Crippen LogP contribution is -2.12. The first-order chi connectivity index (χ1) is 6.18. The number of fused-ring (bicyclic) bond motifs is 1. The minimum absolute atomic E-state index is 0.118. The van der Waals surface area contributed by atoms with Gasteiger partial charge in [-0.15, -0.1) is 0 Å². The Labute approximate surface area is 76.0 Å². The van der Waals surface area contributed by atoms with Crippen LogP contribution in [0.1, 0.15) is 17.6 Å². The van der Waals surface area contributed by atoms with E-state index in [-0.39, 0.29) is 5.56 Å². The molecule has 13 heavy (non-hydrogen) atoms. The Morgan fingerprint density at radius 3 is 2.85 bits per heavy atom. The number of halogens is 2. The molecule has 0 bridgehead atoms. The highest BCUT2D eigenvalue weighted by atomic mass is 19.3. The fourth-order valence-electron chi connectivity index (χ4n) is 1.69. The van der Waals surface area contributed by atoms with E-state index < -0.39 is 6.43 Å². The Kier molecular flexibility index (Phi) is 1.94. The van der Waals surface area contributed by atoms with E-state index in [0.717, 1.165) is 18.7 Å². The number of hydrogen-bond donors (Lipinski definition) is 0. The summed E-state index contributed by atoms with van der Waals surface area (Å²) < 4.78 is 24.7. The molecule has 0 saturated heterocycles. The molecule has 0 spiro atoms. The van der Waals surface area contributed by atoms with Gasteiger partial charge >= 0.3 is 0 Å². The van der Waals surface area contributed by atoms with Crippen molar-refractivity contribution in [3.05, 3.63) is 29.3 Å². The number of alkyl halides is 2. The van der Waals surface area contributed by atoms with Crippen LogP contribution in [0.15, 0.2) is 18.2 Å². The zero-order chi connectivity index (χ0) is 9.42. The van der Waals surface area contributed by atoms with Gasteiger partial charge in [0.25, 0.3) is 6.43 Å². The van der Waals surface area contributed by atoms with Crippen molar-refractivity contribution in [2.45, 2.75) is 12.8 Å². The van der Waals surface area contributed by atoms with Crippen molar-refractivity contribution >= 4 is 5.69 Å². The largest absolute Gasteiger partial charge is 0.374 e. The van der Waals surface area contributed by atoms with Crippen molar-refractivity contribution in [2.75, 3.05) is 18.5 Å². The summed E-state index contributed by atoms with van der Waals surface area (Å²) in [6.45, 7) is 0.933. The Hall–Kier alpha value is -1.12. The number of nitrogens with zero attached hydrogens (tertiary/aromatic N) is 1. The first kappa shape index (κ1) is 8.48. The quantitative estimate of drug-likeness (QED) is 0.646. The number of benzene rings is 1. The first-order valence-corrected chi connectivity index (χ1v) is 4.30. The zero-order valence-electron chi connectivity index (χ0n) is 7.43. The maximum absolute atomic E-state index is 12.3. The summed E-state index contributed by atoms with van der Waals surface area (Å²) in [5.74, 6) is 0. The van der Waals surface area contributed by atoms with Crippen molar-refractivity contribution in [3.63, 3.8) is 0 Å². The van der Waals surface area contributed by atoms with E-state index in [2.05, 4.69) is 0 Å². The Morgan fingerprint density at radius 2 is 2.15 bits per heavy atom. The molecule has 0 saturated carbocycles. The van der Waals surface area contributed by atoms with E-state index >= 15 is 0 Å². The summed E-state index contributed by atoms with van der Waals surface area (Å²) >= 11 is 0. The molecule has 0 atom stereocenters. The van der Waals surface area contributed by atoms with Crippen LogP contribution in [0.3, 0.4) is 0 Å². The minimum Gasteiger partial charge on any atom is -0.374 e. The topological polar surface area (TPSA) is 3.24 Å². The lowest BCUT2D eigenvalue weighted by atomic mass is 10.1. The van der Waals surface area contributed by atoms with Gasteiger partial charge in [0.1, 0.15) is 0 Å². The van der Waals surface area contributed by atoms with E-state index in [1.165, 1.54) is 11.6 Å². The number of likely N-dealkylation sites (N-methyl/N-ethyl adjacent to an activating group) is 1. The van der Waals surface area contributed by atoms with Crippen LogP contribution in [-0.2, 0) is 6.42 Å². The molecular formula is C10H11F2N. The molecule has 1 aliphatic rings. The van der Waals surface area contributed by atoms with E-state index in [4.69, 9.17) is 0 Å². The summed E-state index contributed by atoms with van der Waals surface area (Å²) in [6.07, 6.45) is -1.39. The Morgan fingerprint density at radius 1 is 1.38 bits per heavy atom. The average Bonchev–Trinajstić information content (AvgIpc) is 2.47. The molecule has 1 nitrogen and oxygen atoms in total. The van der Waals surface area contributed by atoms with Gasteiger partial charge in [0.15, 0.2) is 0 Å². The number of hydrogen-bond acceptors (Lipinski definition) is 1. The predicted molar refractivity (Wildman–Crippen MR) is 48.4 cm³/mol.